The Morgan fingerprint density at radius 2 is 1.24 bits per heavy atom. The van der Waals surface area contributed by atoms with Crippen LogP contribution in [-0.4, -0.2) is 60.3 Å². The summed E-state index contributed by atoms with van der Waals surface area (Å²) in [5, 5.41) is -2.06. The number of allylic oxidation sites excluding steroid dienone is 2. The Morgan fingerprint density at radius 3 is 1.69 bits per heavy atom. The minimum absolute atomic E-state index is 0.127. The van der Waals surface area contributed by atoms with Gasteiger partial charge in [-0.25, -0.2) is 13.8 Å². The molecule has 2 aliphatic rings. The van der Waals surface area contributed by atoms with Gasteiger partial charge < -0.3 is 14.1 Å². The molecule has 0 spiro atoms. The highest BCUT2D eigenvalue weighted by molar-refractivity contribution is 6.00. The van der Waals surface area contributed by atoms with Gasteiger partial charge in [-0.3, -0.25) is 4.79 Å². The molecule has 0 saturated carbocycles. The van der Waals surface area contributed by atoms with Gasteiger partial charge in [-0.05, 0) is 32.0 Å². The Balaban J connectivity index is 2.23. The molecule has 280 valence electrons. The van der Waals surface area contributed by atoms with Crippen LogP contribution in [0.15, 0.2) is 63.0 Å². The third-order valence-corrected chi connectivity index (χ3v) is 7.50. The first-order valence-corrected chi connectivity index (χ1v) is 13.8. The van der Waals surface area contributed by atoms with Crippen LogP contribution in [0, 0.1) is 0 Å². The maximum absolute atomic E-state index is 15.2. The van der Waals surface area contributed by atoms with Crippen molar-refractivity contribution in [3.8, 4) is 17.2 Å². The third kappa shape index (κ3) is 6.33. The summed E-state index contributed by atoms with van der Waals surface area (Å²) in [7, 11) is 0. The summed E-state index contributed by atoms with van der Waals surface area (Å²) in [6.45, 7) is 4.45. The number of anilines is 1. The van der Waals surface area contributed by atoms with E-state index in [0.717, 1.165) is 6.07 Å². The van der Waals surface area contributed by atoms with Gasteiger partial charge in [0.15, 0.2) is 16.8 Å². The molecule has 0 unspecified atom stereocenters. The second kappa shape index (κ2) is 12.3. The average molecular weight is 764 g/mol. The van der Waals surface area contributed by atoms with Crippen LogP contribution in [0.5, 0.6) is 5.75 Å². The summed E-state index contributed by atoms with van der Waals surface area (Å²) >= 11 is 0. The maximum atomic E-state index is 15.2. The number of alkyl halides is 17. The fourth-order valence-corrected chi connectivity index (χ4v) is 5.14. The lowest BCUT2D eigenvalue weighted by atomic mass is 9.79. The van der Waals surface area contributed by atoms with Crippen molar-refractivity contribution < 1.29 is 83.8 Å². The highest BCUT2D eigenvalue weighted by Crippen LogP contribution is 2.63. The van der Waals surface area contributed by atoms with Crippen LogP contribution < -0.4 is 15.1 Å². The summed E-state index contributed by atoms with van der Waals surface area (Å²) in [5.41, 5.74) is -24.3. The molecule has 1 aliphatic carbocycles. The van der Waals surface area contributed by atoms with Gasteiger partial charge in [0.2, 0.25) is 5.76 Å². The summed E-state index contributed by atoms with van der Waals surface area (Å²) in [6, 6.07) is 6.02. The number of fused-ring (bicyclic) bond motifs is 4. The molecule has 0 fully saturated rings. The van der Waals surface area contributed by atoms with Crippen molar-refractivity contribution in [2.45, 2.75) is 56.1 Å². The van der Waals surface area contributed by atoms with Crippen molar-refractivity contribution in [1.82, 2.24) is 4.98 Å². The maximum Gasteiger partial charge on any atom is 0.449 e. The van der Waals surface area contributed by atoms with E-state index in [1.54, 1.807) is 18.7 Å². The van der Waals surface area contributed by atoms with Crippen LogP contribution in [-0.2, 0) is 0 Å². The van der Waals surface area contributed by atoms with Crippen molar-refractivity contribution in [2.24, 2.45) is 0 Å². The van der Waals surface area contributed by atoms with Crippen molar-refractivity contribution in [2.75, 3.05) is 18.0 Å². The number of aromatic nitrogens is 1. The molecule has 2 aromatic rings. The highest BCUT2D eigenvalue weighted by Gasteiger charge is 2.88. The van der Waals surface area contributed by atoms with E-state index in [0.29, 0.717) is 30.9 Å². The van der Waals surface area contributed by atoms with Gasteiger partial charge in [-0.15, -0.1) is 0 Å². The fraction of sp³-hybridized carbons (Fsp3) is 0.379. The van der Waals surface area contributed by atoms with Crippen molar-refractivity contribution in [3.05, 3.63) is 64.0 Å². The zero-order chi connectivity index (χ0) is 38.9. The lowest BCUT2D eigenvalue weighted by molar-refractivity contribution is -0.365. The van der Waals surface area contributed by atoms with Gasteiger partial charge in [0.25, 0.3) is 0 Å². The Morgan fingerprint density at radius 1 is 0.725 bits per heavy atom. The number of halogens is 17. The van der Waals surface area contributed by atoms with E-state index in [2.05, 4.69) is 9.72 Å². The topological polar surface area (TPSA) is 55.6 Å². The fourth-order valence-electron chi connectivity index (χ4n) is 5.14. The second-order valence-electron chi connectivity index (χ2n) is 10.6. The zero-order valence-electron chi connectivity index (χ0n) is 25.0. The number of rotatable bonds is 7. The molecule has 1 heterocycles. The van der Waals surface area contributed by atoms with Crippen molar-refractivity contribution >= 4 is 27.6 Å². The lowest BCUT2D eigenvalue weighted by Crippen LogP contribution is -2.67. The third-order valence-electron chi connectivity index (χ3n) is 7.50. The van der Waals surface area contributed by atoms with Gasteiger partial charge in [-0.1, -0.05) is 12.1 Å². The SMILES string of the molecule is CCN(CC)c1ccc2nc3c4c(OC(=C(C(F)(C(F)(F)F)C(F)(F)F)C(F)(C(F)(F)F)C(F)(F)F)C(F)(F)F)cccc4c(=O)cc-3oc2c1. The normalized spacial score (nSPS) is 14.0. The molecule has 0 aromatic heterocycles. The molecule has 0 N–H and O–H groups in total. The first kappa shape index (κ1) is 39.3. The number of benzene rings is 3. The van der Waals surface area contributed by atoms with Crippen LogP contribution in [0.2, 0.25) is 0 Å². The van der Waals surface area contributed by atoms with Crippen molar-refractivity contribution in [1.29, 1.82) is 0 Å². The van der Waals surface area contributed by atoms with Gasteiger partial charge in [-0.2, -0.15) is 65.9 Å². The molecule has 0 saturated heterocycles. The van der Waals surface area contributed by atoms with Gasteiger partial charge in [0, 0.05) is 36.3 Å². The molecule has 2 aromatic carbocycles. The number of nitrogens with zero attached hydrogens (tertiary/aromatic N) is 2. The molecule has 22 heteroatoms. The van der Waals surface area contributed by atoms with Crippen LogP contribution in [0.3, 0.4) is 0 Å². The van der Waals surface area contributed by atoms with E-state index in [-0.39, 0.29) is 17.2 Å². The van der Waals surface area contributed by atoms with E-state index in [4.69, 9.17) is 4.42 Å². The Labute approximate surface area is 272 Å². The summed E-state index contributed by atoms with van der Waals surface area (Å²) < 4.78 is 248. The quantitative estimate of drug-likeness (QED) is 0.0812. The minimum Gasteiger partial charge on any atom is -0.453 e. The van der Waals surface area contributed by atoms with E-state index in [1.165, 1.54) is 18.2 Å². The van der Waals surface area contributed by atoms with E-state index < -0.39 is 87.0 Å². The van der Waals surface area contributed by atoms with Crippen LogP contribution in [0.1, 0.15) is 13.8 Å². The van der Waals surface area contributed by atoms with Crippen LogP contribution in [0.25, 0.3) is 33.3 Å². The molecule has 0 atom stereocenters. The molecule has 4 rings (SSSR count). The first-order chi connectivity index (χ1) is 23.1. The van der Waals surface area contributed by atoms with Crippen LogP contribution >= 0.6 is 0 Å². The summed E-state index contributed by atoms with van der Waals surface area (Å²) in [6.07, 6.45) is -40.1. The molecule has 5 nitrogen and oxygen atoms in total. The Bertz CT molecular complexity index is 1930. The number of ether oxygens (including phenoxy) is 1. The first-order valence-electron chi connectivity index (χ1n) is 13.8. The smallest absolute Gasteiger partial charge is 0.449 e. The van der Waals surface area contributed by atoms with Gasteiger partial charge >= 0.3 is 42.2 Å². The Kier molecular flexibility index (Phi) is 9.48. The highest BCUT2D eigenvalue weighted by atomic mass is 19.4. The molecule has 1 aliphatic heterocycles. The second-order valence-corrected chi connectivity index (χ2v) is 10.6. The van der Waals surface area contributed by atoms with Gasteiger partial charge in [0.1, 0.15) is 17.0 Å². The van der Waals surface area contributed by atoms with Crippen LogP contribution in [0.4, 0.5) is 80.3 Å². The summed E-state index contributed by atoms with van der Waals surface area (Å²) in [5.74, 6) is -7.28. The molecule has 0 bridgehead atoms. The van der Waals surface area contributed by atoms with Crippen molar-refractivity contribution in [3.63, 3.8) is 0 Å². The molecular formula is C29H17F17N2O3. The van der Waals surface area contributed by atoms with Gasteiger partial charge in [0.05, 0.1) is 11.0 Å². The zero-order valence-corrected chi connectivity index (χ0v) is 25.0. The molecule has 51 heavy (non-hydrogen) atoms. The summed E-state index contributed by atoms with van der Waals surface area (Å²) in [4.78, 5) is 18.7. The molecular weight excluding hydrogens is 747 g/mol. The molecule has 0 amide bonds. The largest absolute Gasteiger partial charge is 0.453 e. The molecule has 0 radical (unpaired) electrons. The Hall–Kier alpha value is -4.53. The monoisotopic (exact) mass is 764 g/mol. The average Bonchev–Trinajstić information content (AvgIpc) is 2.97. The lowest BCUT2D eigenvalue weighted by Gasteiger charge is -2.41. The number of hydrogen-bond donors (Lipinski definition) is 0. The standard InChI is InChI=1S/C29H17F17N2O3/c1-3-48(4-2)12-8-9-14-17(10-12)50-18-11-15(49)13-6-5-7-16(19(13)20(18)47-14)51-22(25(32,33)34)21(23(30,26(35,36)37)27(38,39)40)24(31,28(41,42)43)29(44,45)46/h5-11H,3-4H2,1-2H3. The minimum atomic E-state index is -8.37. The predicted octanol–water partition coefficient (Wildman–Crippen LogP) is 10.2. The van der Waals surface area contributed by atoms with E-state index >= 15 is 8.78 Å². The van der Waals surface area contributed by atoms with E-state index in [1.807, 2.05) is 0 Å². The predicted molar refractivity (Wildman–Crippen MR) is 144 cm³/mol. The number of hydrogen-bond acceptors (Lipinski definition) is 5. The van der Waals surface area contributed by atoms with E-state index in [9.17, 15) is 70.7 Å².